The number of amides is 1. The van der Waals surface area contributed by atoms with Crippen LogP contribution in [0, 0.1) is 0 Å². The fourth-order valence-corrected chi connectivity index (χ4v) is 3.25. The van der Waals surface area contributed by atoms with E-state index in [0.717, 1.165) is 24.3 Å². The number of nitrogens with one attached hydrogen (secondary N) is 2. The third-order valence-corrected chi connectivity index (χ3v) is 4.80. The topological polar surface area (TPSA) is 70.2 Å². The summed E-state index contributed by atoms with van der Waals surface area (Å²) in [6.07, 6.45) is 5.55. The number of hydrogen-bond acceptors (Lipinski definition) is 5. The minimum absolute atomic E-state index is 0.268. The number of nitrogens with zero attached hydrogens (tertiary/aromatic N) is 3. The van der Waals surface area contributed by atoms with Crippen molar-refractivity contribution in [3.8, 4) is 0 Å². The van der Waals surface area contributed by atoms with Gasteiger partial charge in [0.05, 0.1) is 12.4 Å². The molecule has 1 aromatic heterocycles. The number of benzene rings is 2. The smallest absolute Gasteiger partial charge is 0.275 e. The number of anilines is 3. The highest BCUT2D eigenvalue weighted by molar-refractivity contribution is 6.02. The number of rotatable bonds is 6. The zero-order valence-corrected chi connectivity index (χ0v) is 15.6. The van der Waals surface area contributed by atoms with Crippen LogP contribution >= 0.6 is 0 Å². The van der Waals surface area contributed by atoms with Crippen molar-refractivity contribution in [2.45, 2.75) is 19.4 Å². The first kappa shape index (κ1) is 18.0. The molecule has 6 nitrogen and oxygen atoms in total. The summed E-state index contributed by atoms with van der Waals surface area (Å²) in [5.41, 5.74) is 3.39. The Morgan fingerprint density at radius 2 is 1.68 bits per heavy atom. The van der Waals surface area contributed by atoms with Crippen LogP contribution in [0.4, 0.5) is 17.2 Å². The van der Waals surface area contributed by atoms with Crippen LogP contribution in [0.1, 0.15) is 28.9 Å². The fraction of sp³-hybridized carbons (Fsp3) is 0.227. The molecule has 1 aliphatic rings. The Morgan fingerprint density at radius 3 is 2.36 bits per heavy atom. The lowest BCUT2D eigenvalue weighted by Gasteiger charge is -2.17. The molecule has 0 saturated carbocycles. The number of hydrogen-bond donors (Lipinski definition) is 2. The Kier molecular flexibility index (Phi) is 5.47. The van der Waals surface area contributed by atoms with E-state index in [1.807, 2.05) is 54.6 Å². The van der Waals surface area contributed by atoms with Gasteiger partial charge >= 0.3 is 0 Å². The zero-order valence-electron chi connectivity index (χ0n) is 15.6. The molecule has 3 aromatic rings. The third kappa shape index (κ3) is 4.46. The van der Waals surface area contributed by atoms with Crippen molar-refractivity contribution in [3.63, 3.8) is 0 Å². The van der Waals surface area contributed by atoms with Crippen molar-refractivity contribution in [3.05, 3.63) is 78.2 Å². The lowest BCUT2D eigenvalue weighted by atomic mass is 10.2. The summed E-state index contributed by atoms with van der Waals surface area (Å²) in [6.45, 7) is 2.86. The van der Waals surface area contributed by atoms with Crippen LogP contribution in [-0.4, -0.2) is 29.0 Å². The third-order valence-electron chi connectivity index (χ3n) is 4.80. The van der Waals surface area contributed by atoms with Crippen molar-refractivity contribution in [1.82, 2.24) is 9.97 Å². The predicted octanol–water partition coefficient (Wildman–Crippen LogP) is 3.94. The number of aromatic nitrogens is 2. The molecule has 6 heteroatoms. The minimum Gasteiger partial charge on any atom is -0.372 e. The fourth-order valence-electron chi connectivity index (χ4n) is 3.25. The van der Waals surface area contributed by atoms with E-state index < -0.39 is 0 Å². The Hall–Kier alpha value is -3.41. The molecule has 2 N–H and O–H groups in total. The quantitative estimate of drug-likeness (QED) is 0.685. The highest BCUT2D eigenvalue weighted by Crippen LogP contribution is 2.22. The summed E-state index contributed by atoms with van der Waals surface area (Å²) < 4.78 is 0. The minimum atomic E-state index is -0.268. The largest absolute Gasteiger partial charge is 0.372 e. The first-order valence-corrected chi connectivity index (χ1v) is 9.54. The van der Waals surface area contributed by atoms with E-state index in [9.17, 15) is 4.79 Å². The van der Waals surface area contributed by atoms with E-state index in [2.05, 4.69) is 25.5 Å². The molecule has 28 heavy (non-hydrogen) atoms. The van der Waals surface area contributed by atoms with Gasteiger partial charge in [-0.2, -0.15) is 0 Å². The van der Waals surface area contributed by atoms with E-state index in [-0.39, 0.29) is 11.6 Å². The standard InChI is InChI=1S/C22H23N5O/c28-22(26-18-8-10-19(11-9-18)27-12-4-5-13-27)20-15-25-21(16-23-20)24-14-17-6-2-1-3-7-17/h1-3,6-11,15-16H,4-5,12-14H2,(H,24,25)(H,26,28). The van der Waals surface area contributed by atoms with Crippen LogP contribution in [0.25, 0.3) is 0 Å². The Morgan fingerprint density at radius 1 is 0.929 bits per heavy atom. The Balaban J connectivity index is 1.33. The van der Waals surface area contributed by atoms with Gasteiger partial charge in [-0.05, 0) is 42.7 Å². The second-order valence-corrected chi connectivity index (χ2v) is 6.82. The molecule has 4 rings (SSSR count). The lowest BCUT2D eigenvalue weighted by Crippen LogP contribution is -2.18. The molecule has 0 aliphatic carbocycles. The molecule has 0 atom stereocenters. The van der Waals surface area contributed by atoms with Gasteiger partial charge in [-0.1, -0.05) is 30.3 Å². The average Bonchev–Trinajstić information content (AvgIpc) is 3.29. The van der Waals surface area contributed by atoms with Crippen LogP contribution < -0.4 is 15.5 Å². The average molecular weight is 373 g/mol. The van der Waals surface area contributed by atoms with Crippen molar-refractivity contribution in [2.24, 2.45) is 0 Å². The summed E-state index contributed by atoms with van der Waals surface area (Å²) in [5, 5.41) is 6.07. The Labute approximate surface area is 164 Å². The molecular weight excluding hydrogens is 350 g/mol. The highest BCUT2D eigenvalue weighted by atomic mass is 16.1. The maximum absolute atomic E-state index is 12.4. The first-order valence-electron chi connectivity index (χ1n) is 9.54. The van der Waals surface area contributed by atoms with Gasteiger partial charge in [0.1, 0.15) is 11.5 Å². The molecular formula is C22H23N5O. The van der Waals surface area contributed by atoms with Gasteiger partial charge in [-0.3, -0.25) is 4.79 Å². The molecule has 1 fully saturated rings. The summed E-state index contributed by atoms with van der Waals surface area (Å²) in [6, 6.07) is 18.0. The molecule has 1 saturated heterocycles. The molecule has 2 aromatic carbocycles. The van der Waals surface area contributed by atoms with Crippen LogP contribution in [-0.2, 0) is 6.54 Å². The molecule has 1 aliphatic heterocycles. The second-order valence-electron chi connectivity index (χ2n) is 6.82. The van der Waals surface area contributed by atoms with E-state index in [1.54, 1.807) is 6.20 Å². The maximum atomic E-state index is 12.4. The monoisotopic (exact) mass is 373 g/mol. The van der Waals surface area contributed by atoms with E-state index in [1.165, 1.54) is 24.7 Å². The van der Waals surface area contributed by atoms with Crippen LogP contribution in [0.2, 0.25) is 0 Å². The normalized spacial score (nSPS) is 13.4. The predicted molar refractivity (Wildman–Crippen MR) is 112 cm³/mol. The first-order chi connectivity index (χ1) is 13.8. The van der Waals surface area contributed by atoms with Gasteiger partial charge in [-0.15, -0.1) is 0 Å². The van der Waals surface area contributed by atoms with Crippen molar-refractivity contribution in [2.75, 3.05) is 28.6 Å². The maximum Gasteiger partial charge on any atom is 0.275 e. The molecule has 0 unspecified atom stereocenters. The number of carbonyl (C=O) groups is 1. The van der Waals surface area contributed by atoms with E-state index in [4.69, 9.17) is 0 Å². The van der Waals surface area contributed by atoms with Gasteiger partial charge < -0.3 is 15.5 Å². The van der Waals surface area contributed by atoms with Crippen LogP contribution in [0.5, 0.6) is 0 Å². The molecule has 0 radical (unpaired) electrons. The van der Waals surface area contributed by atoms with Crippen LogP contribution in [0.15, 0.2) is 67.0 Å². The van der Waals surface area contributed by atoms with E-state index in [0.29, 0.717) is 12.4 Å². The summed E-state index contributed by atoms with van der Waals surface area (Å²) in [7, 11) is 0. The SMILES string of the molecule is O=C(Nc1ccc(N2CCCC2)cc1)c1cnc(NCc2ccccc2)cn1. The van der Waals surface area contributed by atoms with E-state index >= 15 is 0 Å². The number of carbonyl (C=O) groups excluding carboxylic acids is 1. The molecule has 142 valence electrons. The summed E-state index contributed by atoms with van der Waals surface area (Å²) in [5.74, 6) is 0.367. The summed E-state index contributed by atoms with van der Waals surface area (Å²) >= 11 is 0. The highest BCUT2D eigenvalue weighted by Gasteiger charge is 2.13. The van der Waals surface area contributed by atoms with Crippen molar-refractivity contribution >= 4 is 23.1 Å². The van der Waals surface area contributed by atoms with Gasteiger partial charge in [0.2, 0.25) is 0 Å². The lowest BCUT2D eigenvalue weighted by molar-refractivity contribution is 0.102. The van der Waals surface area contributed by atoms with Gasteiger partial charge in [0.15, 0.2) is 0 Å². The van der Waals surface area contributed by atoms with Gasteiger partial charge in [0.25, 0.3) is 5.91 Å². The zero-order chi connectivity index (χ0) is 19.2. The Bertz CT molecular complexity index is 904. The van der Waals surface area contributed by atoms with Crippen molar-refractivity contribution < 1.29 is 4.79 Å². The van der Waals surface area contributed by atoms with Crippen molar-refractivity contribution in [1.29, 1.82) is 0 Å². The van der Waals surface area contributed by atoms with Gasteiger partial charge in [-0.25, -0.2) is 9.97 Å². The molecule has 2 heterocycles. The molecule has 0 spiro atoms. The molecule has 1 amide bonds. The second kappa shape index (κ2) is 8.52. The molecule has 0 bridgehead atoms. The van der Waals surface area contributed by atoms with Crippen LogP contribution in [0.3, 0.4) is 0 Å². The summed E-state index contributed by atoms with van der Waals surface area (Å²) in [4.78, 5) is 23.3. The van der Waals surface area contributed by atoms with Gasteiger partial charge in [0, 0.05) is 31.0 Å².